The van der Waals surface area contributed by atoms with Crippen LogP contribution in [0.2, 0.25) is 0 Å². The summed E-state index contributed by atoms with van der Waals surface area (Å²) in [6.07, 6.45) is 16.8. The predicted octanol–water partition coefficient (Wildman–Crippen LogP) is 4.89. The van der Waals surface area contributed by atoms with Crippen LogP contribution in [0.25, 0.3) is 0 Å². The minimum absolute atomic E-state index is 0.392. The largest absolute Gasteiger partial charge is 0.376 e. The minimum Gasteiger partial charge on any atom is -0.376 e. The van der Waals surface area contributed by atoms with Crippen molar-refractivity contribution in [2.75, 3.05) is 26.4 Å². The Morgan fingerprint density at radius 1 is 0.864 bits per heavy atom. The van der Waals surface area contributed by atoms with E-state index in [-0.39, 0.29) is 0 Å². The van der Waals surface area contributed by atoms with Gasteiger partial charge < -0.3 is 14.2 Å². The molecule has 0 aromatic rings. The summed E-state index contributed by atoms with van der Waals surface area (Å²) in [5, 5.41) is 0. The molecule has 0 aromatic heterocycles. The van der Waals surface area contributed by atoms with Crippen molar-refractivity contribution in [3.05, 3.63) is 12.7 Å². The monoisotopic (exact) mass is 312 g/mol. The van der Waals surface area contributed by atoms with Crippen LogP contribution in [0.5, 0.6) is 0 Å². The number of rotatable bonds is 14. The van der Waals surface area contributed by atoms with E-state index in [0.717, 1.165) is 26.4 Å². The minimum atomic E-state index is 0.392. The van der Waals surface area contributed by atoms with Gasteiger partial charge in [-0.15, -0.1) is 6.58 Å². The Hall–Kier alpha value is -0.380. The van der Waals surface area contributed by atoms with Crippen molar-refractivity contribution in [1.29, 1.82) is 0 Å². The molecule has 0 aromatic carbocycles. The molecule has 2 saturated heterocycles. The lowest BCUT2D eigenvalue weighted by atomic mass is 10.1. The Morgan fingerprint density at radius 3 is 1.73 bits per heavy atom. The van der Waals surface area contributed by atoms with Gasteiger partial charge in [0.25, 0.3) is 0 Å². The fraction of sp³-hybridized carbons (Fsp3) is 0.895. The molecule has 3 nitrogen and oxygen atoms in total. The van der Waals surface area contributed by atoms with Crippen LogP contribution in [0.3, 0.4) is 0 Å². The first kappa shape index (κ1) is 19.7. The van der Waals surface area contributed by atoms with Gasteiger partial charge in [-0.1, -0.05) is 64.4 Å². The van der Waals surface area contributed by atoms with Gasteiger partial charge in [-0.2, -0.15) is 0 Å². The predicted molar refractivity (Wildman–Crippen MR) is 92.3 cm³/mol. The van der Waals surface area contributed by atoms with Crippen LogP contribution in [-0.4, -0.2) is 38.6 Å². The lowest BCUT2D eigenvalue weighted by Crippen LogP contribution is -2.06. The summed E-state index contributed by atoms with van der Waals surface area (Å²) in [6, 6.07) is 0. The lowest BCUT2D eigenvalue weighted by Gasteiger charge is -2.00. The van der Waals surface area contributed by atoms with Crippen LogP contribution in [-0.2, 0) is 14.2 Å². The molecule has 2 fully saturated rings. The van der Waals surface area contributed by atoms with Crippen LogP contribution in [0.1, 0.15) is 71.1 Å². The number of allylic oxidation sites excluding steroid dienone is 1. The van der Waals surface area contributed by atoms with E-state index in [0.29, 0.717) is 12.2 Å². The first-order valence-corrected chi connectivity index (χ1v) is 9.28. The topological polar surface area (TPSA) is 34.3 Å². The zero-order chi connectivity index (χ0) is 15.9. The molecule has 0 radical (unpaired) electrons. The molecule has 2 rings (SSSR count). The van der Waals surface area contributed by atoms with E-state index < -0.39 is 0 Å². The Morgan fingerprint density at radius 2 is 1.32 bits per heavy atom. The van der Waals surface area contributed by atoms with Crippen LogP contribution in [0.15, 0.2) is 12.7 Å². The maximum absolute atomic E-state index is 5.23. The average molecular weight is 312 g/mol. The van der Waals surface area contributed by atoms with Crippen molar-refractivity contribution < 1.29 is 14.2 Å². The number of hydrogen-bond donors (Lipinski definition) is 0. The molecule has 2 heterocycles. The molecule has 2 unspecified atom stereocenters. The van der Waals surface area contributed by atoms with E-state index in [4.69, 9.17) is 14.2 Å². The van der Waals surface area contributed by atoms with Crippen LogP contribution in [0.4, 0.5) is 0 Å². The highest BCUT2D eigenvalue weighted by atomic mass is 16.6. The standard InChI is InChI=1S/C13H26.C6H10O3/c1-3-5-7-9-11-13-12-10-8-6-4-2;1(5-3-8-5)7-2-6-4-9-6/h3H,1,4-13H2,2H3;5-6H,1-4H2. The number of epoxide rings is 2. The van der Waals surface area contributed by atoms with E-state index in [1.165, 1.54) is 64.2 Å². The van der Waals surface area contributed by atoms with Crippen LogP contribution in [0, 0.1) is 0 Å². The molecule has 3 heteroatoms. The molecule has 130 valence electrons. The van der Waals surface area contributed by atoms with E-state index in [9.17, 15) is 0 Å². The zero-order valence-electron chi connectivity index (χ0n) is 14.6. The Labute approximate surface area is 137 Å². The molecule has 0 saturated carbocycles. The highest BCUT2D eigenvalue weighted by Crippen LogP contribution is 2.12. The van der Waals surface area contributed by atoms with Gasteiger partial charge >= 0.3 is 0 Å². The molecule has 0 N–H and O–H groups in total. The second kappa shape index (κ2) is 14.2. The Kier molecular flexibility index (Phi) is 12.7. The summed E-state index contributed by atoms with van der Waals surface area (Å²) in [7, 11) is 0. The van der Waals surface area contributed by atoms with Gasteiger partial charge in [0, 0.05) is 0 Å². The molecule has 22 heavy (non-hydrogen) atoms. The second-order valence-electron chi connectivity index (χ2n) is 6.35. The summed E-state index contributed by atoms with van der Waals surface area (Å²) in [5.41, 5.74) is 0. The smallest absolute Gasteiger partial charge is 0.104 e. The van der Waals surface area contributed by atoms with Gasteiger partial charge in [-0.25, -0.2) is 0 Å². The van der Waals surface area contributed by atoms with Crippen molar-refractivity contribution in [3.8, 4) is 0 Å². The first-order chi connectivity index (χ1) is 10.9. The average Bonchev–Trinajstić information content (AvgIpc) is 3.41. The fourth-order valence-corrected chi connectivity index (χ4v) is 2.26. The lowest BCUT2D eigenvalue weighted by molar-refractivity contribution is 0.102. The van der Waals surface area contributed by atoms with Crippen molar-refractivity contribution in [1.82, 2.24) is 0 Å². The third-order valence-electron chi connectivity index (χ3n) is 3.92. The van der Waals surface area contributed by atoms with Crippen molar-refractivity contribution in [2.45, 2.75) is 83.3 Å². The van der Waals surface area contributed by atoms with Gasteiger partial charge in [-0.05, 0) is 12.8 Å². The second-order valence-corrected chi connectivity index (χ2v) is 6.35. The highest BCUT2D eigenvalue weighted by molar-refractivity contribution is 4.71. The molecule has 2 atom stereocenters. The SMILES string of the molecule is C(OCC1CO1)C1CO1.C=CCCCCCCCCCCC. The van der Waals surface area contributed by atoms with E-state index >= 15 is 0 Å². The molecular formula is C19H36O3. The summed E-state index contributed by atoms with van der Waals surface area (Å²) < 4.78 is 15.1. The molecule has 0 amide bonds. The van der Waals surface area contributed by atoms with Gasteiger partial charge in [-0.3, -0.25) is 0 Å². The Bertz CT molecular complexity index is 235. The molecule has 2 aliphatic heterocycles. The van der Waals surface area contributed by atoms with Gasteiger partial charge in [0.1, 0.15) is 12.2 Å². The van der Waals surface area contributed by atoms with E-state index in [1.54, 1.807) is 0 Å². The number of ether oxygens (including phenoxy) is 3. The van der Waals surface area contributed by atoms with Crippen molar-refractivity contribution >= 4 is 0 Å². The third kappa shape index (κ3) is 14.6. The zero-order valence-corrected chi connectivity index (χ0v) is 14.6. The number of hydrogen-bond acceptors (Lipinski definition) is 3. The van der Waals surface area contributed by atoms with Crippen molar-refractivity contribution in [2.24, 2.45) is 0 Å². The highest BCUT2D eigenvalue weighted by Gasteiger charge is 2.26. The third-order valence-corrected chi connectivity index (χ3v) is 3.92. The van der Waals surface area contributed by atoms with Gasteiger partial charge in [0.05, 0.1) is 26.4 Å². The summed E-state index contributed by atoms with van der Waals surface area (Å²) in [4.78, 5) is 0. The summed E-state index contributed by atoms with van der Waals surface area (Å²) >= 11 is 0. The normalized spacial score (nSPS) is 21.9. The van der Waals surface area contributed by atoms with Crippen molar-refractivity contribution in [3.63, 3.8) is 0 Å². The molecular weight excluding hydrogens is 276 g/mol. The van der Waals surface area contributed by atoms with Crippen LogP contribution >= 0.6 is 0 Å². The van der Waals surface area contributed by atoms with Crippen LogP contribution < -0.4 is 0 Å². The van der Waals surface area contributed by atoms with Gasteiger partial charge in [0.2, 0.25) is 0 Å². The molecule has 0 bridgehead atoms. The quantitative estimate of drug-likeness (QED) is 0.260. The maximum atomic E-state index is 5.23. The fourth-order valence-electron chi connectivity index (χ4n) is 2.26. The molecule has 0 spiro atoms. The maximum Gasteiger partial charge on any atom is 0.104 e. The first-order valence-electron chi connectivity index (χ1n) is 9.28. The van der Waals surface area contributed by atoms with E-state index in [2.05, 4.69) is 13.5 Å². The summed E-state index contributed by atoms with van der Waals surface area (Å²) in [5.74, 6) is 0. The Balaban J connectivity index is 0.000000231. The summed E-state index contributed by atoms with van der Waals surface area (Å²) in [6.45, 7) is 9.26. The number of unbranched alkanes of at least 4 members (excludes halogenated alkanes) is 9. The molecule has 2 aliphatic rings. The van der Waals surface area contributed by atoms with Gasteiger partial charge in [0.15, 0.2) is 0 Å². The molecule has 0 aliphatic carbocycles. The van der Waals surface area contributed by atoms with E-state index in [1.807, 2.05) is 6.08 Å².